The van der Waals surface area contributed by atoms with Gasteiger partial charge in [0.05, 0.1) is 6.07 Å². The smallest absolute Gasteiger partial charge is 0.0621 e. The molecule has 0 spiro atoms. The van der Waals surface area contributed by atoms with Gasteiger partial charge in [0.15, 0.2) is 0 Å². The van der Waals surface area contributed by atoms with Crippen molar-refractivity contribution in [1.29, 1.82) is 5.26 Å². The van der Waals surface area contributed by atoms with Crippen LogP contribution in [-0.2, 0) is 0 Å². The van der Waals surface area contributed by atoms with Crippen molar-refractivity contribution in [3.63, 3.8) is 0 Å². The molecule has 2 N–H and O–H groups in total. The van der Waals surface area contributed by atoms with E-state index in [9.17, 15) is 0 Å². The van der Waals surface area contributed by atoms with E-state index in [0.717, 1.165) is 12.8 Å². The topological polar surface area (TPSA) is 49.8 Å². The Morgan fingerprint density at radius 2 is 2.25 bits per heavy atom. The van der Waals surface area contributed by atoms with E-state index in [0.29, 0.717) is 13.0 Å². The molecule has 0 aromatic heterocycles. The number of nitriles is 1. The molecule has 2 nitrogen and oxygen atoms in total. The molecule has 2 heteroatoms. The lowest BCUT2D eigenvalue weighted by molar-refractivity contribution is 0.854. The Bertz CT molecular complexity index is 73.1. The highest BCUT2D eigenvalue weighted by Gasteiger charge is 1.83. The zero-order chi connectivity index (χ0) is 6.24. The third kappa shape index (κ3) is 5.45. The molecule has 0 fully saturated rings. The number of nitrogens with two attached hydrogens (primary N) is 1. The lowest BCUT2D eigenvalue weighted by Crippen LogP contribution is -1.97. The Hall–Kier alpha value is -0.550. The highest BCUT2D eigenvalue weighted by molar-refractivity contribution is 4.75. The highest BCUT2D eigenvalue weighted by atomic mass is 14.5. The molecular weight excluding hydrogens is 100 g/mol. The Morgan fingerprint density at radius 3 is 2.75 bits per heavy atom. The van der Waals surface area contributed by atoms with Crippen LogP contribution < -0.4 is 5.73 Å². The maximum absolute atomic E-state index is 8.06. The maximum atomic E-state index is 8.06. The van der Waals surface area contributed by atoms with E-state index in [2.05, 4.69) is 6.07 Å². The fraction of sp³-hybridized carbons (Fsp3) is 0.667. The summed E-state index contributed by atoms with van der Waals surface area (Å²) >= 11 is 0. The molecule has 0 amide bonds. The van der Waals surface area contributed by atoms with Gasteiger partial charge in [-0.2, -0.15) is 5.26 Å². The van der Waals surface area contributed by atoms with Crippen LogP contribution in [0.1, 0.15) is 19.3 Å². The summed E-state index contributed by atoms with van der Waals surface area (Å²) in [5, 5.41) is 8.06. The van der Waals surface area contributed by atoms with Crippen molar-refractivity contribution < 1.29 is 0 Å². The number of hydrogen-bond donors (Lipinski definition) is 1. The zero-order valence-electron chi connectivity index (χ0n) is 4.93. The number of hydrogen-bond acceptors (Lipinski definition) is 2. The first kappa shape index (κ1) is 7.45. The van der Waals surface area contributed by atoms with E-state index in [-0.39, 0.29) is 0 Å². The van der Waals surface area contributed by atoms with Crippen LogP contribution in [0.3, 0.4) is 0 Å². The number of rotatable bonds is 4. The standard InChI is InChI=1S/C6H11N2/c7-5-3-1-2-4-6-8/h1H,2-5,7H2. The Kier molecular flexibility index (Phi) is 6.01. The molecule has 8 heavy (non-hydrogen) atoms. The third-order valence-electron chi connectivity index (χ3n) is 0.831. The van der Waals surface area contributed by atoms with Crippen LogP contribution in [0.5, 0.6) is 0 Å². The van der Waals surface area contributed by atoms with Crippen LogP contribution in [-0.4, -0.2) is 6.54 Å². The molecule has 45 valence electrons. The summed E-state index contributed by atoms with van der Waals surface area (Å²) in [4.78, 5) is 0. The quantitative estimate of drug-likeness (QED) is 0.546. The average Bonchev–Trinajstić information content (AvgIpc) is 1.81. The minimum absolute atomic E-state index is 0.625. The van der Waals surface area contributed by atoms with Gasteiger partial charge in [-0.1, -0.05) is 0 Å². The minimum Gasteiger partial charge on any atom is -0.330 e. The second-order valence-corrected chi connectivity index (χ2v) is 1.56. The van der Waals surface area contributed by atoms with Crippen LogP contribution in [0.4, 0.5) is 0 Å². The van der Waals surface area contributed by atoms with Gasteiger partial charge in [-0.3, -0.25) is 0 Å². The van der Waals surface area contributed by atoms with Gasteiger partial charge in [0.2, 0.25) is 0 Å². The summed E-state index contributed by atoms with van der Waals surface area (Å²) < 4.78 is 0. The van der Waals surface area contributed by atoms with Crippen LogP contribution in [0.15, 0.2) is 0 Å². The van der Waals surface area contributed by atoms with Gasteiger partial charge in [-0.25, -0.2) is 0 Å². The summed E-state index contributed by atoms with van der Waals surface area (Å²) in [5.74, 6) is 0. The number of unbranched alkanes of at least 4 members (excludes halogenated alkanes) is 3. The fourth-order valence-electron chi connectivity index (χ4n) is 0.429. The second-order valence-electron chi connectivity index (χ2n) is 1.56. The summed E-state index contributed by atoms with van der Waals surface area (Å²) in [7, 11) is 0. The predicted octanol–water partition coefficient (Wildman–Crippen LogP) is 0.843. The maximum Gasteiger partial charge on any atom is 0.0621 e. The predicted molar refractivity (Wildman–Crippen MR) is 32.8 cm³/mol. The van der Waals surface area contributed by atoms with Gasteiger partial charge >= 0.3 is 0 Å². The van der Waals surface area contributed by atoms with Crippen molar-refractivity contribution in [2.45, 2.75) is 19.3 Å². The van der Waals surface area contributed by atoms with Gasteiger partial charge < -0.3 is 5.73 Å². The molecule has 0 atom stereocenters. The van der Waals surface area contributed by atoms with Crippen molar-refractivity contribution in [2.75, 3.05) is 6.54 Å². The zero-order valence-corrected chi connectivity index (χ0v) is 4.93. The fourth-order valence-corrected chi connectivity index (χ4v) is 0.429. The first-order valence-corrected chi connectivity index (χ1v) is 2.80. The molecule has 0 aliphatic heterocycles. The Balaban J connectivity index is 2.65. The molecule has 0 bridgehead atoms. The molecule has 0 aromatic carbocycles. The SMILES string of the molecule is N#CCC[CH]CCN. The van der Waals surface area contributed by atoms with Crippen LogP contribution in [0.25, 0.3) is 0 Å². The highest BCUT2D eigenvalue weighted by Crippen LogP contribution is 1.93. The van der Waals surface area contributed by atoms with E-state index in [4.69, 9.17) is 11.0 Å². The molecule has 0 rings (SSSR count). The van der Waals surface area contributed by atoms with Crippen molar-refractivity contribution in [3.05, 3.63) is 6.42 Å². The van der Waals surface area contributed by atoms with Crippen molar-refractivity contribution in [3.8, 4) is 6.07 Å². The van der Waals surface area contributed by atoms with Crippen molar-refractivity contribution in [2.24, 2.45) is 5.73 Å². The lowest BCUT2D eigenvalue weighted by Gasteiger charge is -1.89. The first-order chi connectivity index (χ1) is 3.91. The normalized spacial score (nSPS) is 8.50. The summed E-state index contributed by atoms with van der Waals surface area (Å²) in [6.07, 6.45) is 4.48. The molecule has 0 unspecified atom stereocenters. The van der Waals surface area contributed by atoms with E-state index >= 15 is 0 Å². The molecule has 0 aromatic rings. The van der Waals surface area contributed by atoms with Gasteiger partial charge in [0.25, 0.3) is 0 Å². The average molecular weight is 111 g/mol. The molecule has 0 aliphatic rings. The molecule has 1 radical (unpaired) electrons. The van der Waals surface area contributed by atoms with Gasteiger partial charge in [0, 0.05) is 6.42 Å². The van der Waals surface area contributed by atoms with Crippen LogP contribution >= 0.6 is 0 Å². The lowest BCUT2D eigenvalue weighted by atomic mass is 10.2. The number of nitrogens with zero attached hydrogens (tertiary/aromatic N) is 1. The molecule has 0 aliphatic carbocycles. The van der Waals surface area contributed by atoms with Crippen molar-refractivity contribution >= 4 is 0 Å². The summed E-state index contributed by atoms with van der Waals surface area (Å²) in [6, 6.07) is 2.05. The molecular formula is C6H11N2. The monoisotopic (exact) mass is 111 g/mol. The van der Waals surface area contributed by atoms with E-state index in [1.54, 1.807) is 0 Å². The van der Waals surface area contributed by atoms with Gasteiger partial charge in [-0.15, -0.1) is 0 Å². The Labute approximate surface area is 50.3 Å². The van der Waals surface area contributed by atoms with E-state index < -0.39 is 0 Å². The summed E-state index contributed by atoms with van der Waals surface area (Å²) in [6.45, 7) is 0.700. The van der Waals surface area contributed by atoms with Crippen molar-refractivity contribution in [1.82, 2.24) is 0 Å². The second kappa shape index (κ2) is 6.45. The largest absolute Gasteiger partial charge is 0.330 e. The molecule has 0 saturated carbocycles. The minimum atomic E-state index is 0.625. The van der Waals surface area contributed by atoms with Crippen LogP contribution in [0, 0.1) is 17.8 Å². The first-order valence-electron chi connectivity index (χ1n) is 2.80. The van der Waals surface area contributed by atoms with Crippen LogP contribution in [0.2, 0.25) is 0 Å². The van der Waals surface area contributed by atoms with E-state index in [1.165, 1.54) is 0 Å². The van der Waals surface area contributed by atoms with E-state index in [1.807, 2.05) is 6.42 Å². The Morgan fingerprint density at radius 1 is 1.50 bits per heavy atom. The summed E-state index contributed by atoms with van der Waals surface area (Å²) in [5.41, 5.74) is 5.20. The molecule has 0 heterocycles. The van der Waals surface area contributed by atoms with Gasteiger partial charge in [-0.05, 0) is 25.8 Å². The van der Waals surface area contributed by atoms with Gasteiger partial charge in [0.1, 0.15) is 0 Å². The molecule has 0 saturated heterocycles. The third-order valence-corrected chi connectivity index (χ3v) is 0.831.